The van der Waals surface area contributed by atoms with Crippen molar-refractivity contribution in [2.24, 2.45) is 0 Å². The van der Waals surface area contributed by atoms with Gasteiger partial charge in [-0.1, -0.05) is 18.2 Å². The SMILES string of the molecule is Cc1cc(C(=O)OCC(=O)NC(=O)NCc2ccco2)c2ccccc2n1. The van der Waals surface area contributed by atoms with E-state index < -0.39 is 24.5 Å². The van der Waals surface area contributed by atoms with E-state index in [0.29, 0.717) is 27.9 Å². The number of carbonyl (C=O) groups is 3. The van der Waals surface area contributed by atoms with Crippen LogP contribution in [0.3, 0.4) is 0 Å². The third-order valence-electron chi connectivity index (χ3n) is 3.65. The number of nitrogens with zero attached hydrogens (tertiary/aromatic N) is 1. The monoisotopic (exact) mass is 367 g/mol. The average Bonchev–Trinajstić information content (AvgIpc) is 3.17. The highest BCUT2D eigenvalue weighted by atomic mass is 16.5. The number of benzene rings is 1. The molecule has 2 aromatic heterocycles. The van der Waals surface area contributed by atoms with E-state index in [2.05, 4.69) is 15.6 Å². The molecule has 8 nitrogen and oxygen atoms in total. The van der Waals surface area contributed by atoms with Gasteiger partial charge in [0.25, 0.3) is 5.91 Å². The molecular weight excluding hydrogens is 350 g/mol. The van der Waals surface area contributed by atoms with E-state index in [1.165, 1.54) is 6.26 Å². The third kappa shape index (κ3) is 4.69. The molecule has 3 amide bonds. The van der Waals surface area contributed by atoms with E-state index in [1.54, 1.807) is 43.3 Å². The van der Waals surface area contributed by atoms with Crippen molar-refractivity contribution in [2.75, 3.05) is 6.61 Å². The summed E-state index contributed by atoms with van der Waals surface area (Å²) in [5.74, 6) is -0.859. The number of amides is 3. The first-order chi connectivity index (χ1) is 13.0. The van der Waals surface area contributed by atoms with Crippen molar-refractivity contribution in [3.05, 3.63) is 65.7 Å². The standard InChI is InChI=1S/C19H17N3O5/c1-12-9-15(14-6-2-3-7-16(14)21-12)18(24)27-11-17(23)22-19(25)20-10-13-5-4-8-26-13/h2-9H,10-11H2,1H3,(H2,20,22,23,25). The summed E-state index contributed by atoms with van der Waals surface area (Å²) in [6.07, 6.45) is 1.48. The zero-order valence-electron chi connectivity index (χ0n) is 14.5. The molecule has 0 saturated heterocycles. The van der Waals surface area contributed by atoms with Gasteiger partial charge in [-0.25, -0.2) is 9.59 Å². The van der Waals surface area contributed by atoms with Crippen LogP contribution in [0, 0.1) is 6.92 Å². The van der Waals surface area contributed by atoms with E-state index >= 15 is 0 Å². The fraction of sp³-hybridized carbons (Fsp3) is 0.158. The maximum atomic E-state index is 12.3. The van der Waals surface area contributed by atoms with Crippen LogP contribution < -0.4 is 10.6 Å². The average molecular weight is 367 g/mol. The number of urea groups is 1. The summed E-state index contributed by atoms with van der Waals surface area (Å²) in [5.41, 5.74) is 1.63. The zero-order chi connectivity index (χ0) is 19.2. The van der Waals surface area contributed by atoms with Gasteiger partial charge in [0.2, 0.25) is 0 Å². The van der Waals surface area contributed by atoms with Crippen molar-refractivity contribution >= 4 is 28.8 Å². The van der Waals surface area contributed by atoms with Gasteiger partial charge in [-0.3, -0.25) is 15.1 Å². The zero-order valence-corrected chi connectivity index (χ0v) is 14.5. The molecule has 0 atom stereocenters. The highest BCUT2D eigenvalue weighted by molar-refractivity contribution is 6.04. The predicted molar refractivity (Wildman–Crippen MR) is 95.8 cm³/mol. The Bertz CT molecular complexity index is 982. The summed E-state index contributed by atoms with van der Waals surface area (Å²) >= 11 is 0. The molecule has 1 aromatic carbocycles. The predicted octanol–water partition coefficient (Wildman–Crippen LogP) is 2.32. The lowest BCUT2D eigenvalue weighted by Gasteiger charge is -2.09. The molecule has 3 rings (SSSR count). The molecule has 2 heterocycles. The fourth-order valence-electron chi connectivity index (χ4n) is 2.47. The Morgan fingerprint density at radius 1 is 1.15 bits per heavy atom. The first-order valence-corrected chi connectivity index (χ1v) is 8.16. The number of imide groups is 1. The Labute approximate surface area is 154 Å². The van der Waals surface area contributed by atoms with E-state index in [0.717, 1.165) is 0 Å². The number of hydrogen-bond donors (Lipinski definition) is 2. The Kier molecular flexibility index (Phi) is 5.46. The van der Waals surface area contributed by atoms with Gasteiger partial charge in [-0.05, 0) is 31.2 Å². The molecule has 0 unspecified atom stereocenters. The first kappa shape index (κ1) is 18.1. The van der Waals surface area contributed by atoms with Crippen LogP contribution in [0.15, 0.2) is 53.1 Å². The Morgan fingerprint density at radius 2 is 1.96 bits per heavy atom. The van der Waals surface area contributed by atoms with Gasteiger partial charge in [0.15, 0.2) is 6.61 Å². The van der Waals surface area contributed by atoms with Crippen molar-refractivity contribution in [1.29, 1.82) is 0 Å². The van der Waals surface area contributed by atoms with Gasteiger partial charge < -0.3 is 14.5 Å². The van der Waals surface area contributed by atoms with Gasteiger partial charge in [-0.15, -0.1) is 0 Å². The largest absolute Gasteiger partial charge is 0.467 e. The van der Waals surface area contributed by atoms with E-state index in [9.17, 15) is 14.4 Å². The number of ether oxygens (including phenoxy) is 1. The second kappa shape index (κ2) is 8.13. The Balaban J connectivity index is 1.54. The lowest BCUT2D eigenvalue weighted by Crippen LogP contribution is -2.41. The van der Waals surface area contributed by atoms with Crippen molar-refractivity contribution in [1.82, 2.24) is 15.6 Å². The molecule has 0 bridgehead atoms. The fourth-order valence-corrected chi connectivity index (χ4v) is 2.47. The van der Waals surface area contributed by atoms with E-state index in [4.69, 9.17) is 9.15 Å². The Hall–Kier alpha value is -3.68. The number of pyridine rings is 1. The summed E-state index contributed by atoms with van der Waals surface area (Å²) < 4.78 is 10.1. The number of hydrogen-bond acceptors (Lipinski definition) is 6. The molecule has 0 aliphatic rings. The molecule has 2 N–H and O–H groups in total. The van der Waals surface area contributed by atoms with E-state index in [1.807, 2.05) is 6.07 Å². The molecule has 0 fully saturated rings. The van der Waals surface area contributed by atoms with Crippen LogP contribution in [0.2, 0.25) is 0 Å². The minimum Gasteiger partial charge on any atom is -0.467 e. The molecule has 0 spiro atoms. The maximum Gasteiger partial charge on any atom is 0.339 e. The van der Waals surface area contributed by atoms with Gasteiger partial charge in [0.05, 0.1) is 23.9 Å². The normalized spacial score (nSPS) is 10.4. The number of aromatic nitrogens is 1. The lowest BCUT2D eigenvalue weighted by molar-refractivity contribution is -0.123. The highest BCUT2D eigenvalue weighted by Crippen LogP contribution is 2.19. The molecule has 8 heteroatoms. The summed E-state index contributed by atoms with van der Waals surface area (Å²) in [4.78, 5) is 40.1. The van der Waals surface area contributed by atoms with Crippen LogP contribution in [0.1, 0.15) is 21.8 Å². The highest BCUT2D eigenvalue weighted by Gasteiger charge is 2.16. The molecule has 0 aliphatic carbocycles. The van der Waals surface area contributed by atoms with Gasteiger partial charge in [-0.2, -0.15) is 0 Å². The quantitative estimate of drug-likeness (QED) is 0.670. The topological polar surface area (TPSA) is 111 Å². The van der Waals surface area contributed by atoms with Crippen molar-refractivity contribution in [2.45, 2.75) is 13.5 Å². The summed E-state index contributed by atoms with van der Waals surface area (Å²) in [6.45, 7) is 1.32. The smallest absolute Gasteiger partial charge is 0.339 e. The first-order valence-electron chi connectivity index (χ1n) is 8.16. The van der Waals surface area contributed by atoms with Crippen LogP contribution in [0.25, 0.3) is 10.9 Å². The summed E-state index contributed by atoms with van der Waals surface area (Å²) in [5, 5.41) is 5.16. The molecule has 27 heavy (non-hydrogen) atoms. The number of para-hydroxylation sites is 1. The number of nitrogens with one attached hydrogen (secondary N) is 2. The number of furan rings is 1. The van der Waals surface area contributed by atoms with Crippen LogP contribution in [-0.4, -0.2) is 29.5 Å². The Morgan fingerprint density at radius 3 is 2.74 bits per heavy atom. The molecular formula is C19H17N3O5. The maximum absolute atomic E-state index is 12.3. The molecule has 138 valence electrons. The van der Waals surface area contributed by atoms with Crippen molar-refractivity contribution in [3.63, 3.8) is 0 Å². The number of carbonyl (C=O) groups excluding carboxylic acids is 3. The minimum absolute atomic E-state index is 0.133. The van der Waals surface area contributed by atoms with Gasteiger partial charge in [0.1, 0.15) is 5.76 Å². The van der Waals surface area contributed by atoms with Crippen LogP contribution in [0.4, 0.5) is 4.79 Å². The van der Waals surface area contributed by atoms with Gasteiger partial charge in [0, 0.05) is 11.1 Å². The van der Waals surface area contributed by atoms with E-state index in [-0.39, 0.29) is 6.54 Å². The number of esters is 1. The lowest BCUT2D eigenvalue weighted by atomic mass is 10.1. The second-order valence-electron chi connectivity index (χ2n) is 5.71. The molecule has 0 saturated carbocycles. The third-order valence-corrected chi connectivity index (χ3v) is 3.65. The van der Waals surface area contributed by atoms with Crippen LogP contribution >= 0.6 is 0 Å². The van der Waals surface area contributed by atoms with Crippen molar-refractivity contribution in [3.8, 4) is 0 Å². The minimum atomic E-state index is -0.740. The van der Waals surface area contributed by atoms with Crippen molar-refractivity contribution < 1.29 is 23.5 Å². The van der Waals surface area contributed by atoms with Crippen LogP contribution in [0.5, 0.6) is 0 Å². The molecule has 0 radical (unpaired) electrons. The van der Waals surface area contributed by atoms with Gasteiger partial charge >= 0.3 is 12.0 Å². The summed E-state index contributed by atoms with van der Waals surface area (Å²) in [6, 6.07) is 11.4. The molecule has 3 aromatic rings. The molecule has 0 aliphatic heterocycles. The number of aryl methyl sites for hydroxylation is 1. The number of fused-ring (bicyclic) bond motifs is 1. The summed E-state index contributed by atoms with van der Waals surface area (Å²) in [7, 11) is 0. The second-order valence-corrected chi connectivity index (χ2v) is 5.71. The number of rotatable bonds is 5. The van der Waals surface area contributed by atoms with Crippen LogP contribution in [-0.2, 0) is 16.1 Å².